The van der Waals surface area contributed by atoms with E-state index in [4.69, 9.17) is 0 Å². The SMILES string of the molecule is CC(C)N[C@H]1C[C@](C)(C(=O)N2CCCC2)C1. The zero-order chi connectivity index (χ0) is 11.8. The van der Waals surface area contributed by atoms with Crippen molar-refractivity contribution < 1.29 is 4.79 Å². The molecule has 0 aromatic rings. The van der Waals surface area contributed by atoms with Crippen LogP contribution in [0.2, 0.25) is 0 Å². The smallest absolute Gasteiger partial charge is 0.228 e. The minimum Gasteiger partial charge on any atom is -0.342 e. The molecule has 0 unspecified atom stereocenters. The first-order valence-electron chi connectivity index (χ1n) is 6.57. The quantitative estimate of drug-likeness (QED) is 0.792. The Morgan fingerprint density at radius 2 is 1.88 bits per heavy atom. The van der Waals surface area contributed by atoms with Crippen molar-refractivity contribution in [3.05, 3.63) is 0 Å². The van der Waals surface area contributed by atoms with Crippen LogP contribution in [0.5, 0.6) is 0 Å². The minimum atomic E-state index is -0.0725. The lowest BCUT2D eigenvalue weighted by Gasteiger charge is -2.46. The van der Waals surface area contributed by atoms with E-state index in [-0.39, 0.29) is 5.41 Å². The van der Waals surface area contributed by atoms with Crippen molar-refractivity contribution in [3.63, 3.8) is 0 Å². The molecule has 0 aromatic heterocycles. The van der Waals surface area contributed by atoms with Crippen LogP contribution in [0.15, 0.2) is 0 Å². The molecule has 0 radical (unpaired) electrons. The van der Waals surface area contributed by atoms with E-state index in [1.165, 1.54) is 12.8 Å². The fourth-order valence-electron chi connectivity index (χ4n) is 3.09. The van der Waals surface area contributed by atoms with E-state index in [1.807, 2.05) is 0 Å². The number of carbonyl (C=O) groups is 1. The van der Waals surface area contributed by atoms with Gasteiger partial charge in [-0.3, -0.25) is 4.79 Å². The summed E-state index contributed by atoms with van der Waals surface area (Å²) in [5.74, 6) is 0.395. The standard InChI is InChI=1S/C13H24N2O/c1-10(2)14-11-8-13(3,9-11)12(16)15-6-4-5-7-15/h10-11,14H,4-9H2,1-3H3/t11-,13-. The van der Waals surface area contributed by atoms with Gasteiger partial charge in [-0.05, 0) is 25.7 Å². The molecule has 0 spiro atoms. The molecule has 0 aromatic carbocycles. The Morgan fingerprint density at radius 1 is 1.31 bits per heavy atom. The van der Waals surface area contributed by atoms with E-state index in [0.29, 0.717) is 18.0 Å². The largest absolute Gasteiger partial charge is 0.342 e. The number of nitrogens with zero attached hydrogens (tertiary/aromatic N) is 1. The summed E-state index contributed by atoms with van der Waals surface area (Å²) in [6.07, 6.45) is 4.41. The van der Waals surface area contributed by atoms with E-state index in [0.717, 1.165) is 25.9 Å². The van der Waals surface area contributed by atoms with Crippen molar-refractivity contribution in [1.29, 1.82) is 0 Å². The molecule has 1 saturated heterocycles. The van der Waals surface area contributed by atoms with E-state index >= 15 is 0 Å². The Kier molecular flexibility index (Phi) is 3.24. The molecular weight excluding hydrogens is 200 g/mol. The number of hydrogen-bond donors (Lipinski definition) is 1. The molecule has 1 aliphatic heterocycles. The Labute approximate surface area is 98.6 Å². The molecule has 2 rings (SSSR count). The lowest BCUT2D eigenvalue weighted by molar-refractivity contribution is -0.146. The summed E-state index contributed by atoms with van der Waals surface area (Å²) in [7, 11) is 0. The van der Waals surface area contributed by atoms with Crippen LogP contribution in [-0.4, -0.2) is 36.0 Å². The maximum atomic E-state index is 12.3. The first kappa shape index (κ1) is 11.9. The molecule has 1 N–H and O–H groups in total. The average molecular weight is 224 g/mol. The lowest BCUT2D eigenvalue weighted by Crippen LogP contribution is -2.56. The van der Waals surface area contributed by atoms with Crippen molar-refractivity contribution in [1.82, 2.24) is 10.2 Å². The minimum absolute atomic E-state index is 0.0725. The first-order valence-corrected chi connectivity index (χ1v) is 6.57. The number of carbonyl (C=O) groups excluding carboxylic acids is 1. The van der Waals surface area contributed by atoms with Crippen molar-refractivity contribution in [3.8, 4) is 0 Å². The van der Waals surface area contributed by atoms with Gasteiger partial charge in [-0.2, -0.15) is 0 Å². The summed E-state index contributed by atoms with van der Waals surface area (Å²) in [4.78, 5) is 14.3. The van der Waals surface area contributed by atoms with Gasteiger partial charge in [0.25, 0.3) is 0 Å². The van der Waals surface area contributed by atoms with E-state index in [1.54, 1.807) is 0 Å². The number of hydrogen-bond acceptors (Lipinski definition) is 2. The molecule has 1 saturated carbocycles. The Morgan fingerprint density at radius 3 is 2.38 bits per heavy atom. The monoisotopic (exact) mass is 224 g/mol. The predicted octanol–water partition coefficient (Wildman–Crippen LogP) is 1.78. The fourth-order valence-corrected chi connectivity index (χ4v) is 3.09. The third-order valence-electron chi connectivity index (χ3n) is 3.87. The maximum Gasteiger partial charge on any atom is 0.228 e. The Hall–Kier alpha value is -0.570. The zero-order valence-corrected chi connectivity index (χ0v) is 10.8. The van der Waals surface area contributed by atoms with Crippen LogP contribution in [-0.2, 0) is 4.79 Å². The van der Waals surface area contributed by atoms with Gasteiger partial charge >= 0.3 is 0 Å². The molecule has 3 nitrogen and oxygen atoms in total. The van der Waals surface area contributed by atoms with E-state index < -0.39 is 0 Å². The molecule has 2 fully saturated rings. The highest BCUT2D eigenvalue weighted by Gasteiger charge is 2.48. The Balaban J connectivity index is 1.84. The molecular formula is C13H24N2O. The van der Waals surface area contributed by atoms with E-state index in [2.05, 4.69) is 31.0 Å². The van der Waals surface area contributed by atoms with Gasteiger partial charge < -0.3 is 10.2 Å². The average Bonchev–Trinajstić information content (AvgIpc) is 2.65. The van der Waals surface area contributed by atoms with Crippen molar-refractivity contribution in [2.75, 3.05) is 13.1 Å². The second kappa shape index (κ2) is 4.36. The summed E-state index contributed by atoms with van der Waals surface area (Å²) in [6, 6.07) is 1.08. The maximum absolute atomic E-state index is 12.3. The molecule has 1 heterocycles. The van der Waals surface area contributed by atoms with E-state index in [9.17, 15) is 4.79 Å². The topological polar surface area (TPSA) is 32.3 Å². The summed E-state index contributed by atoms with van der Waals surface area (Å²) >= 11 is 0. The highest BCUT2D eigenvalue weighted by molar-refractivity contribution is 5.83. The van der Waals surface area contributed by atoms with Gasteiger partial charge in [0.15, 0.2) is 0 Å². The molecule has 92 valence electrons. The number of likely N-dealkylation sites (tertiary alicyclic amines) is 1. The van der Waals surface area contributed by atoms with Gasteiger partial charge in [0, 0.05) is 30.6 Å². The van der Waals surface area contributed by atoms with Crippen LogP contribution in [0, 0.1) is 5.41 Å². The summed E-state index contributed by atoms with van der Waals surface area (Å²) in [6.45, 7) is 8.43. The van der Waals surface area contributed by atoms with Crippen molar-refractivity contribution in [2.24, 2.45) is 5.41 Å². The van der Waals surface area contributed by atoms with Crippen molar-refractivity contribution >= 4 is 5.91 Å². The lowest BCUT2D eigenvalue weighted by atomic mass is 9.65. The normalized spacial score (nSPS) is 34.2. The van der Waals surface area contributed by atoms with Crippen LogP contribution in [0.4, 0.5) is 0 Å². The van der Waals surface area contributed by atoms with Crippen LogP contribution < -0.4 is 5.32 Å². The summed E-state index contributed by atoms with van der Waals surface area (Å²) in [5.41, 5.74) is -0.0725. The first-order chi connectivity index (χ1) is 7.51. The van der Waals surface area contributed by atoms with Crippen LogP contribution >= 0.6 is 0 Å². The van der Waals surface area contributed by atoms with Crippen LogP contribution in [0.3, 0.4) is 0 Å². The fraction of sp³-hybridized carbons (Fsp3) is 0.923. The highest BCUT2D eigenvalue weighted by atomic mass is 16.2. The molecule has 16 heavy (non-hydrogen) atoms. The molecule has 1 amide bonds. The van der Waals surface area contributed by atoms with Crippen molar-refractivity contribution in [2.45, 2.75) is 58.5 Å². The number of rotatable bonds is 3. The number of amides is 1. The third-order valence-corrected chi connectivity index (χ3v) is 3.87. The van der Waals surface area contributed by atoms with Gasteiger partial charge in [0.2, 0.25) is 5.91 Å². The van der Waals surface area contributed by atoms with Gasteiger partial charge in [-0.25, -0.2) is 0 Å². The summed E-state index contributed by atoms with van der Waals surface area (Å²) in [5, 5.41) is 3.51. The zero-order valence-electron chi connectivity index (χ0n) is 10.8. The molecule has 1 aliphatic carbocycles. The Bertz CT molecular complexity index is 263. The number of nitrogens with one attached hydrogen (secondary N) is 1. The van der Waals surface area contributed by atoms with Crippen LogP contribution in [0.25, 0.3) is 0 Å². The van der Waals surface area contributed by atoms with Crippen LogP contribution in [0.1, 0.15) is 46.5 Å². The molecule has 0 atom stereocenters. The van der Waals surface area contributed by atoms with Gasteiger partial charge in [0.05, 0.1) is 0 Å². The highest BCUT2D eigenvalue weighted by Crippen LogP contribution is 2.42. The second-order valence-corrected chi connectivity index (χ2v) is 5.99. The molecule has 2 aliphatic rings. The second-order valence-electron chi connectivity index (χ2n) is 5.99. The molecule has 0 bridgehead atoms. The van der Waals surface area contributed by atoms with Gasteiger partial charge in [-0.15, -0.1) is 0 Å². The third kappa shape index (κ3) is 2.24. The van der Waals surface area contributed by atoms with Gasteiger partial charge in [-0.1, -0.05) is 20.8 Å². The predicted molar refractivity (Wildman–Crippen MR) is 65.2 cm³/mol. The summed E-state index contributed by atoms with van der Waals surface area (Å²) < 4.78 is 0. The van der Waals surface area contributed by atoms with Gasteiger partial charge in [0.1, 0.15) is 0 Å². The molecule has 3 heteroatoms.